The maximum Gasteiger partial charge on any atom is 0.416 e. The van der Waals surface area contributed by atoms with E-state index in [4.69, 9.17) is 18.6 Å². The first-order valence-corrected chi connectivity index (χ1v) is 13.8. The zero-order valence-electron chi connectivity index (χ0n) is 23.3. The summed E-state index contributed by atoms with van der Waals surface area (Å²) in [7, 11) is 0. The second kappa shape index (κ2) is 14.1. The second-order valence-corrected chi connectivity index (χ2v) is 10.7. The Morgan fingerprint density at radius 2 is 1.76 bits per heavy atom. The van der Waals surface area contributed by atoms with Gasteiger partial charge in [-0.1, -0.05) is 36.2 Å². The third kappa shape index (κ3) is 9.14. The fraction of sp³-hybridized carbons (Fsp3) is 0.484. The number of carboxylic acids is 1. The Balaban J connectivity index is 1.18. The SMILES string of the molecule is Cc1cccc(-c2nc(COC[C@H]3CCC[C@@H](COC[C@H](OCc4ccc(C(F)(F)F)cc4)C(=O)O)C3)c(C)o2)c1. The summed E-state index contributed by atoms with van der Waals surface area (Å²) < 4.78 is 61.2. The van der Waals surface area contributed by atoms with Crippen LogP contribution in [0.2, 0.25) is 0 Å². The van der Waals surface area contributed by atoms with Crippen LogP contribution in [0.25, 0.3) is 11.5 Å². The maximum absolute atomic E-state index is 12.7. The molecule has 1 fully saturated rings. The Morgan fingerprint density at radius 1 is 1.05 bits per heavy atom. The third-order valence-electron chi connectivity index (χ3n) is 7.27. The Morgan fingerprint density at radius 3 is 2.41 bits per heavy atom. The van der Waals surface area contributed by atoms with E-state index in [-0.39, 0.29) is 19.1 Å². The highest BCUT2D eigenvalue weighted by Gasteiger charge is 2.30. The molecule has 0 aliphatic heterocycles. The molecule has 222 valence electrons. The molecular formula is C31H36F3NO6. The van der Waals surface area contributed by atoms with Crippen LogP contribution >= 0.6 is 0 Å². The molecule has 0 saturated heterocycles. The van der Waals surface area contributed by atoms with Gasteiger partial charge in [0.15, 0.2) is 6.10 Å². The molecule has 0 amide bonds. The maximum atomic E-state index is 12.7. The summed E-state index contributed by atoms with van der Waals surface area (Å²) >= 11 is 0. The molecule has 0 bridgehead atoms. The van der Waals surface area contributed by atoms with Gasteiger partial charge < -0.3 is 23.7 Å². The average Bonchev–Trinajstić information content (AvgIpc) is 3.30. The Labute approximate surface area is 237 Å². The first kappa shape index (κ1) is 30.7. The van der Waals surface area contributed by atoms with Gasteiger partial charge in [-0.2, -0.15) is 13.2 Å². The number of aliphatic carboxylic acids is 1. The van der Waals surface area contributed by atoms with Crippen molar-refractivity contribution in [2.75, 3.05) is 19.8 Å². The first-order valence-electron chi connectivity index (χ1n) is 13.8. The van der Waals surface area contributed by atoms with Crippen molar-refractivity contribution >= 4 is 5.97 Å². The molecule has 0 unspecified atom stereocenters. The summed E-state index contributed by atoms with van der Waals surface area (Å²) in [6.07, 6.45) is -1.65. The second-order valence-electron chi connectivity index (χ2n) is 10.7. The molecule has 1 saturated carbocycles. The minimum Gasteiger partial charge on any atom is -0.479 e. The molecule has 1 aliphatic rings. The fourth-order valence-electron chi connectivity index (χ4n) is 5.01. The minimum atomic E-state index is -4.43. The average molecular weight is 576 g/mol. The van der Waals surface area contributed by atoms with Crippen LogP contribution in [-0.2, 0) is 38.4 Å². The molecule has 0 spiro atoms. The zero-order valence-corrected chi connectivity index (χ0v) is 23.3. The molecule has 1 heterocycles. The lowest BCUT2D eigenvalue weighted by Gasteiger charge is -2.29. The summed E-state index contributed by atoms with van der Waals surface area (Å²) in [5, 5.41) is 9.49. The fourth-order valence-corrected chi connectivity index (χ4v) is 5.01. The lowest BCUT2D eigenvalue weighted by Crippen LogP contribution is -2.31. The van der Waals surface area contributed by atoms with Crippen molar-refractivity contribution in [3.8, 4) is 11.5 Å². The van der Waals surface area contributed by atoms with Crippen molar-refractivity contribution in [1.29, 1.82) is 0 Å². The summed E-state index contributed by atoms with van der Waals surface area (Å²) in [6, 6.07) is 12.5. The molecule has 3 aromatic rings. The highest BCUT2D eigenvalue weighted by molar-refractivity contribution is 5.72. The van der Waals surface area contributed by atoms with Crippen LogP contribution in [0.15, 0.2) is 52.9 Å². The summed E-state index contributed by atoms with van der Waals surface area (Å²) in [4.78, 5) is 16.2. The quantitative estimate of drug-likeness (QED) is 0.235. The van der Waals surface area contributed by atoms with Gasteiger partial charge >= 0.3 is 12.1 Å². The predicted octanol–water partition coefficient (Wildman–Crippen LogP) is 6.99. The van der Waals surface area contributed by atoms with Crippen LogP contribution in [0.1, 0.15) is 53.8 Å². The zero-order chi connectivity index (χ0) is 29.4. The highest BCUT2D eigenvalue weighted by atomic mass is 19.4. The number of aryl methyl sites for hydroxylation is 2. The van der Waals surface area contributed by atoms with Gasteiger partial charge in [-0.3, -0.25) is 0 Å². The molecule has 3 atom stereocenters. The topological polar surface area (TPSA) is 91.0 Å². The van der Waals surface area contributed by atoms with Crippen molar-refractivity contribution < 1.29 is 41.7 Å². The number of carbonyl (C=O) groups is 1. The molecule has 2 aromatic carbocycles. The first-order chi connectivity index (χ1) is 19.6. The van der Waals surface area contributed by atoms with E-state index in [1.165, 1.54) is 12.1 Å². The number of aromatic nitrogens is 1. The van der Waals surface area contributed by atoms with Crippen molar-refractivity contribution in [3.05, 3.63) is 76.7 Å². The van der Waals surface area contributed by atoms with Crippen LogP contribution in [0.5, 0.6) is 0 Å². The standard InChI is InChI=1S/C31H36F3NO6/c1-20-5-3-8-25(13-20)29-35-27(21(2)41-29)18-38-15-23-6-4-7-24(14-23)16-39-19-28(30(36)37)40-17-22-9-11-26(12-10-22)31(32,33)34/h3,5,8-13,23-24,28H,4,6-7,14-19H2,1-2H3,(H,36,37)/t23-,24+,28-/m0/s1. The lowest BCUT2D eigenvalue weighted by molar-refractivity contribution is -0.156. The molecule has 4 rings (SSSR count). The lowest BCUT2D eigenvalue weighted by atomic mass is 9.82. The monoisotopic (exact) mass is 575 g/mol. The van der Waals surface area contributed by atoms with Crippen LogP contribution in [-0.4, -0.2) is 42.0 Å². The Kier molecular flexibility index (Phi) is 10.6. The van der Waals surface area contributed by atoms with Gasteiger partial charge in [0.2, 0.25) is 5.89 Å². The van der Waals surface area contributed by atoms with Gasteiger partial charge in [-0.25, -0.2) is 9.78 Å². The van der Waals surface area contributed by atoms with Crippen molar-refractivity contribution in [2.45, 2.75) is 65.0 Å². The van der Waals surface area contributed by atoms with Gasteiger partial charge in [0.05, 0.1) is 25.4 Å². The number of benzene rings is 2. The van der Waals surface area contributed by atoms with E-state index in [0.29, 0.717) is 37.2 Å². The van der Waals surface area contributed by atoms with Gasteiger partial charge in [0, 0.05) is 18.8 Å². The number of nitrogens with zero attached hydrogens (tertiary/aromatic N) is 1. The van der Waals surface area contributed by atoms with Crippen molar-refractivity contribution in [3.63, 3.8) is 0 Å². The number of oxazole rings is 1. The molecule has 1 aliphatic carbocycles. The third-order valence-corrected chi connectivity index (χ3v) is 7.27. The predicted molar refractivity (Wildman–Crippen MR) is 145 cm³/mol. The smallest absolute Gasteiger partial charge is 0.416 e. The Hall–Kier alpha value is -3.21. The molecule has 10 heteroatoms. The number of carboxylic acid groups (broad SMARTS) is 1. The largest absolute Gasteiger partial charge is 0.479 e. The number of rotatable bonds is 13. The van der Waals surface area contributed by atoms with E-state index in [9.17, 15) is 23.1 Å². The summed E-state index contributed by atoms with van der Waals surface area (Å²) in [6.45, 7) is 5.02. The van der Waals surface area contributed by atoms with Crippen LogP contribution < -0.4 is 0 Å². The van der Waals surface area contributed by atoms with Crippen molar-refractivity contribution in [2.24, 2.45) is 11.8 Å². The number of ether oxygens (including phenoxy) is 3. The van der Waals surface area contributed by atoms with Gasteiger partial charge in [0.25, 0.3) is 0 Å². The molecule has 1 N–H and O–H groups in total. The van der Waals surface area contributed by atoms with Gasteiger partial charge in [-0.15, -0.1) is 0 Å². The normalized spacial score (nSPS) is 18.4. The summed E-state index contributed by atoms with van der Waals surface area (Å²) in [5.74, 6) is 0.795. The van der Waals surface area contributed by atoms with E-state index in [1.54, 1.807) is 0 Å². The number of alkyl halides is 3. The number of halogens is 3. The van der Waals surface area contributed by atoms with Crippen LogP contribution in [0.3, 0.4) is 0 Å². The minimum absolute atomic E-state index is 0.126. The van der Waals surface area contributed by atoms with E-state index < -0.39 is 23.8 Å². The van der Waals surface area contributed by atoms with Gasteiger partial charge in [-0.05, 0) is 74.8 Å². The van der Waals surface area contributed by atoms with E-state index in [2.05, 4.69) is 4.98 Å². The van der Waals surface area contributed by atoms with Crippen molar-refractivity contribution in [1.82, 2.24) is 4.98 Å². The molecule has 0 radical (unpaired) electrons. The van der Waals surface area contributed by atoms with Crippen LogP contribution in [0, 0.1) is 25.7 Å². The van der Waals surface area contributed by atoms with Crippen LogP contribution in [0.4, 0.5) is 13.2 Å². The van der Waals surface area contributed by atoms with E-state index in [0.717, 1.165) is 60.4 Å². The van der Waals surface area contributed by atoms with E-state index in [1.807, 2.05) is 38.1 Å². The number of hydrogen-bond donors (Lipinski definition) is 1. The number of hydrogen-bond acceptors (Lipinski definition) is 6. The van der Waals surface area contributed by atoms with E-state index >= 15 is 0 Å². The highest BCUT2D eigenvalue weighted by Crippen LogP contribution is 2.31. The molecule has 7 nitrogen and oxygen atoms in total. The van der Waals surface area contributed by atoms with Gasteiger partial charge in [0.1, 0.15) is 11.5 Å². The Bertz CT molecular complexity index is 1270. The summed E-state index contributed by atoms with van der Waals surface area (Å²) in [5.41, 5.74) is 2.54. The molecular weight excluding hydrogens is 539 g/mol. The molecule has 1 aromatic heterocycles. The molecule has 41 heavy (non-hydrogen) atoms.